The Hall–Kier alpha value is -1.53. The van der Waals surface area contributed by atoms with Gasteiger partial charge < -0.3 is 15.2 Å². The maximum absolute atomic E-state index is 12.7. The molecule has 0 aliphatic heterocycles. The minimum atomic E-state index is -1.08. The molecule has 6 heteroatoms. The van der Waals surface area contributed by atoms with Gasteiger partial charge in [-0.1, -0.05) is 31.0 Å². The predicted molar refractivity (Wildman–Crippen MR) is 84.9 cm³/mol. The zero-order chi connectivity index (χ0) is 16.0. The van der Waals surface area contributed by atoms with Crippen LogP contribution >= 0.6 is 11.8 Å². The second-order valence-electron chi connectivity index (χ2n) is 5.44. The molecule has 1 aromatic rings. The number of methoxy groups -OCH3 is 1. The van der Waals surface area contributed by atoms with Crippen molar-refractivity contribution in [3.63, 3.8) is 0 Å². The van der Waals surface area contributed by atoms with Crippen molar-refractivity contribution >= 4 is 23.6 Å². The topological polar surface area (TPSA) is 75.6 Å². The average Bonchev–Trinajstić information content (AvgIpc) is 2.97. The van der Waals surface area contributed by atoms with E-state index >= 15 is 0 Å². The number of thioether (sulfide) groups is 1. The highest BCUT2D eigenvalue weighted by Gasteiger charge is 2.43. The van der Waals surface area contributed by atoms with E-state index in [1.54, 1.807) is 0 Å². The number of carboxylic acid groups (broad SMARTS) is 1. The Bertz CT molecular complexity index is 514. The number of rotatable bonds is 7. The van der Waals surface area contributed by atoms with Crippen molar-refractivity contribution in [1.29, 1.82) is 0 Å². The zero-order valence-electron chi connectivity index (χ0n) is 12.6. The van der Waals surface area contributed by atoms with Crippen LogP contribution < -0.4 is 5.32 Å². The van der Waals surface area contributed by atoms with Crippen molar-refractivity contribution < 1.29 is 19.4 Å². The molecule has 0 spiro atoms. The molecule has 2 N–H and O–H groups in total. The van der Waals surface area contributed by atoms with E-state index in [2.05, 4.69) is 5.32 Å². The summed E-state index contributed by atoms with van der Waals surface area (Å²) in [6, 6.07) is 8.75. The number of benzene rings is 1. The van der Waals surface area contributed by atoms with E-state index in [4.69, 9.17) is 9.84 Å². The number of hydrogen-bond acceptors (Lipinski definition) is 4. The summed E-state index contributed by atoms with van der Waals surface area (Å²) in [6.07, 6.45) is 3.49. The maximum atomic E-state index is 12.7. The maximum Gasteiger partial charge on any atom is 0.328 e. The van der Waals surface area contributed by atoms with E-state index in [1.807, 2.05) is 30.3 Å². The molecule has 1 aliphatic carbocycles. The van der Waals surface area contributed by atoms with Crippen LogP contribution in [0.1, 0.15) is 25.7 Å². The van der Waals surface area contributed by atoms with Gasteiger partial charge in [0.15, 0.2) is 6.04 Å². The molecule has 0 saturated heterocycles. The highest BCUT2D eigenvalue weighted by molar-refractivity contribution is 8.01. The largest absolute Gasteiger partial charge is 0.480 e. The minimum absolute atomic E-state index is 0.0346. The van der Waals surface area contributed by atoms with Crippen molar-refractivity contribution in [3.05, 3.63) is 30.3 Å². The molecular weight excluding hydrogens is 302 g/mol. The fourth-order valence-electron chi connectivity index (χ4n) is 2.67. The number of carbonyl (C=O) groups excluding carboxylic acids is 1. The molecule has 1 aromatic carbocycles. The Balaban J connectivity index is 2.12. The third kappa shape index (κ3) is 4.01. The molecule has 5 nitrogen and oxygen atoms in total. The number of amides is 1. The quantitative estimate of drug-likeness (QED) is 0.805. The first-order chi connectivity index (χ1) is 10.6. The number of hydrogen-bond donors (Lipinski definition) is 2. The van der Waals surface area contributed by atoms with Crippen LogP contribution in [-0.2, 0) is 14.3 Å². The first-order valence-corrected chi connectivity index (χ1v) is 8.16. The van der Waals surface area contributed by atoms with Crippen molar-refractivity contribution in [1.82, 2.24) is 5.32 Å². The number of carboxylic acids is 1. The standard InChI is InChI=1S/C16H21NO4S/c1-21-11-13(14(18)19)17-15(20)16(9-5-6-10-16)22-12-7-3-2-4-8-12/h2-4,7-8,13H,5-6,9-11H2,1H3,(H,17,20)(H,18,19). The molecule has 1 fully saturated rings. The molecule has 2 rings (SSSR count). The molecule has 120 valence electrons. The van der Waals surface area contributed by atoms with Crippen LogP contribution in [0.4, 0.5) is 0 Å². The van der Waals surface area contributed by atoms with Crippen LogP contribution in [0.5, 0.6) is 0 Å². The minimum Gasteiger partial charge on any atom is -0.480 e. The van der Waals surface area contributed by atoms with E-state index in [0.717, 1.165) is 30.6 Å². The lowest BCUT2D eigenvalue weighted by atomic mass is 10.1. The first kappa shape index (κ1) is 16.8. The lowest BCUT2D eigenvalue weighted by molar-refractivity contribution is -0.143. The molecule has 0 radical (unpaired) electrons. The summed E-state index contributed by atoms with van der Waals surface area (Å²) in [4.78, 5) is 24.9. The Morgan fingerprint density at radius 3 is 2.50 bits per heavy atom. The molecule has 1 saturated carbocycles. The summed E-state index contributed by atoms with van der Waals surface area (Å²) in [5.74, 6) is -1.28. The third-order valence-electron chi connectivity index (χ3n) is 3.82. The lowest BCUT2D eigenvalue weighted by Crippen LogP contribution is -2.51. The molecule has 1 amide bonds. The van der Waals surface area contributed by atoms with Gasteiger partial charge in [-0.05, 0) is 25.0 Å². The van der Waals surface area contributed by atoms with Crippen LogP contribution in [0.25, 0.3) is 0 Å². The van der Waals surface area contributed by atoms with Crippen LogP contribution in [0.15, 0.2) is 35.2 Å². The first-order valence-electron chi connectivity index (χ1n) is 7.34. The van der Waals surface area contributed by atoms with Crippen LogP contribution in [0, 0.1) is 0 Å². The van der Waals surface area contributed by atoms with Gasteiger partial charge in [-0.15, -0.1) is 11.8 Å². The van der Waals surface area contributed by atoms with Gasteiger partial charge in [0.25, 0.3) is 0 Å². The fourth-order valence-corrected chi connectivity index (χ4v) is 4.06. The fraction of sp³-hybridized carbons (Fsp3) is 0.500. The molecule has 0 bridgehead atoms. The van der Waals surface area contributed by atoms with E-state index in [1.165, 1.54) is 18.9 Å². The SMILES string of the molecule is COCC(NC(=O)C1(Sc2ccccc2)CCCC1)C(=O)O. The van der Waals surface area contributed by atoms with E-state index in [-0.39, 0.29) is 12.5 Å². The summed E-state index contributed by atoms with van der Waals surface area (Å²) in [5.41, 5.74) is 0. The Kier molecular flexibility index (Phi) is 5.85. The lowest BCUT2D eigenvalue weighted by Gasteiger charge is -2.28. The summed E-state index contributed by atoms with van der Waals surface area (Å²) >= 11 is 1.53. The predicted octanol–water partition coefficient (Wildman–Crippen LogP) is 2.31. The van der Waals surface area contributed by atoms with Gasteiger partial charge in [-0.2, -0.15) is 0 Å². The average molecular weight is 323 g/mol. The van der Waals surface area contributed by atoms with Gasteiger partial charge in [0, 0.05) is 12.0 Å². The second-order valence-corrected chi connectivity index (χ2v) is 6.89. The number of nitrogens with one attached hydrogen (secondary N) is 1. The number of carbonyl (C=O) groups is 2. The van der Waals surface area contributed by atoms with Crippen LogP contribution in [-0.4, -0.2) is 41.5 Å². The smallest absolute Gasteiger partial charge is 0.328 e. The van der Waals surface area contributed by atoms with Gasteiger partial charge in [0.2, 0.25) is 5.91 Å². The highest BCUT2D eigenvalue weighted by Crippen LogP contribution is 2.45. The summed E-state index contributed by atoms with van der Waals surface area (Å²) in [6.45, 7) is -0.0346. The molecule has 0 aromatic heterocycles. The van der Waals surface area contributed by atoms with Crippen LogP contribution in [0.3, 0.4) is 0 Å². The van der Waals surface area contributed by atoms with Crippen molar-refractivity contribution in [2.75, 3.05) is 13.7 Å². The van der Waals surface area contributed by atoms with Gasteiger partial charge >= 0.3 is 5.97 Å². The Morgan fingerprint density at radius 1 is 1.32 bits per heavy atom. The molecule has 22 heavy (non-hydrogen) atoms. The van der Waals surface area contributed by atoms with Gasteiger partial charge in [-0.3, -0.25) is 4.79 Å². The number of aliphatic carboxylic acids is 1. The molecular formula is C16H21NO4S. The normalized spacial score (nSPS) is 17.9. The van der Waals surface area contributed by atoms with Crippen molar-refractivity contribution in [2.24, 2.45) is 0 Å². The monoisotopic (exact) mass is 323 g/mol. The van der Waals surface area contributed by atoms with Crippen LogP contribution in [0.2, 0.25) is 0 Å². The summed E-state index contributed by atoms with van der Waals surface area (Å²) < 4.78 is 4.30. The number of ether oxygens (including phenoxy) is 1. The summed E-state index contributed by atoms with van der Waals surface area (Å²) in [5, 5.41) is 11.8. The van der Waals surface area contributed by atoms with Gasteiger partial charge in [-0.25, -0.2) is 4.79 Å². The van der Waals surface area contributed by atoms with E-state index in [9.17, 15) is 9.59 Å². The van der Waals surface area contributed by atoms with Crippen molar-refractivity contribution in [2.45, 2.75) is 41.4 Å². The second kappa shape index (κ2) is 7.65. The Morgan fingerprint density at radius 2 is 1.95 bits per heavy atom. The molecule has 0 heterocycles. The zero-order valence-corrected chi connectivity index (χ0v) is 13.4. The third-order valence-corrected chi connectivity index (χ3v) is 5.31. The molecule has 1 atom stereocenters. The molecule has 1 unspecified atom stereocenters. The van der Waals surface area contributed by atoms with E-state index in [0.29, 0.717) is 0 Å². The van der Waals surface area contributed by atoms with Crippen molar-refractivity contribution in [3.8, 4) is 0 Å². The Labute approximate surface area is 134 Å². The van der Waals surface area contributed by atoms with Gasteiger partial charge in [0.05, 0.1) is 11.4 Å². The van der Waals surface area contributed by atoms with E-state index < -0.39 is 16.8 Å². The highest BCUT2D eigenvalue weighted by atomic mass is 32.2. The molecule has 1 aliphatic rings. The summed E-state index contributed by atoms with van der Waals surface area (Å²) in [7, 11) is 1.42. The van der Waals surface area contributed by atoms with Gasteiger partial charge in [0.1, 0.15) is 0 Å².